The van der Waals surface area contributed by atoms with Crippen molar-refractivity contribution in [3.8, 4) is 0 Å². The molecule has 0 bridgehead atoms. The normalized spacial score (nSPS) is 14.4. The van der Waals surface area contributed by atoms with Gasteiger partial charge in [0.15, 0.2) is 11.2 Å². The standard InChI is InChI=1S/C12H19N5O3S/c1-7(20-8(5-18)3-2-4-21)17-6-14-9-10(17)15-12(13)16-11(9)19/h6-8,18,21H,2-5H2,1H3,(H3,13,15,16,19)/t7-,8+/m1/s1. The number of rotatable bonds is 7. The van der Waals surface area contributed by atoms with Crippen LogP contribution in [0.5, 0.6) is 0 Å². The molecule has 21 heavy (non-hydrogen) atoms. The van der Waals surface area contributed by atoms with Gasteiger partial charge in [0.1, 0.15) is 6.23 Å². The summed E-state index contributed by atoms with van der Waals surface area (Å²) in [5.74, 6) is 0.755. The molecule has 0 fully saturated rings. The number of aromatic nitrogens is 4. The molecule has 2 aromatic rings. The Bertz CT molecular complexity index is 656. The van der Waals surface area contributed by atoms with Crippen molar-refractivity contribution in [1.82, 2.24) is 19.5 Å². The maximum Gasteiger partial charge on any atom is 0.280 e. The molecule has 9 heteroatoms. The highest BCUT2D eigenvalue weighted by Gasteiger charge is 2.17. The van der Waals surface area contributed by atoms with E-state index in [4.69, 9.17) is 10.5 Å². The second-order valence-corrected chi connectivity index (χ2v) is 5.13. The molecule has 0 spiro atoms. The number of ether oxygens (including phenoxy) is 1. The van der Waals surface area contributed by atoms with E-state index in [0.717, 1.165) is 12.2 Å². The van der Waals surface area contributed by atoms with Gasteiger partial charge in [0.05, 0.1) is 19.0 Å². The first-order valence-electron chi connectivity index (χ1n) is 6.66. The monoisotopic (exact) mass is 313 g/mol. The molecule has 0 saturated heterocycles. The first-order chi connectivity index (χ1) is 10.1. The number of hydrogen-bond donors (Lipinski definition) is 4. The Hall–Kier alpha value is -1.58. The van der Waals surface area contributed by atoms with Gasteiger partial charge in [0, 0.05) is 0 Å². The van der Waals surface area contributed by atoms with Gasteiger partial charge in [-0.05, 0) is 25.5 Å². The van der Waals surface area contributed by atoms with E-state index in [2.05, 4.69) is 27.6 Å². The summed E-state index contributed by atoms with van der Waals surface area (Å²) in [4.78, 5) is 22.2. The number of aliphatic hydroxyl groups excluding tert-OH is 1. The average molecular weight is 313 g/mol. The van der Waals surface area contributed by atoms with Crippen LogP contribution in [0.1, 0.15) is 26.0 Å². The largest absolute Gasteiger partial charge is 0.394 e. The number of imidazole rings is 1. The Morgan fingerprint density at radius 1 is 1.62 bits per heavy atom. The van der Waals surface area contributed by atoms with Crippen molar-refractivity contribution in [2.75, 3.05) is 18.1 Å². The van der Waals surface area contributed by atoms with E-state index in [1.165, 1.54) is 6.33 Å². The minimum atomic E-state index is -0.430. The number of anilines is 1. The smallest absolute Gasteiger partial charge is 0.280 e. The Balaban J connectivity index is 2.23. The SMILES string of the molecule is C[C@@H](O[C@H](CO)CCCS)n1cnc2c(=O)[nH]c(N)nc21. The van der Waals surface area contributed by atoms with Gasteiger partial charge in [-0.15, -0.1) is 0 Å². The van der Waals surface area contributed by atoms with E-state index in [0.29, 0.717) is 12.1 Å². The fourth-order valence-corrected chi connectivity index (χ4v) is 2.26. The molecule has 0 radical (unpaired) electrons. The topological polar surface area (TPSA) is 119 Å². The van der Waals surface area contributed by atoms with Crippen LogP contribution in [0, 0.1) is 0 Å². The highest BCUT2D eigenvalue weighted by Crippen LogP contribution is 2.18. The molecule has 0 unspecified atom stereocenters. The molecule has 0 saturated carbocycles. The van der Waals surface area contributed by atoms with Crippen LogP contribution in [0.4, 0.5) is 5.95 Å². The Kier molecular flexibility index (Phi) is 5.21. The second kappa shape index (κ2) is 6.92. The molecule has 2 atom stereocenters. The van der Waals surface area contributed by atoms with Crippen LogP contribution in [0.15, 0.2) is 11.1 Å². The molecule has 0 amide bonds. The van der Waals surface area contributed by atoms with Gasteiger partial charge in [0.25, 0.3) is 5.56 Å². The molecule has 2 heterocycles. The predicted molar refractivity (Wildman–Crippen MR) is 82.3 cm³/mol. The molecule has 0 aromatic carbocycles. The molecule has 8 nitrogen and oxygen atoms in total. The number of nitrogens with zero attached hydrogens (tertiary/aromatic N) is 3. The fraction of sp³-hybridized carbons (Fsp3) is 0.583. The third-order valence-electron chi connectivity index (χ3n) is 3.12. The number of H-pyrrole nitrogens is 1. The first-order valence-corrected chi connectivity index (χ1v) is 7.29. The van der Waals surface area contributed by atoms with Crippen LogP contribution in [0.3, 0.4) is 0 Å². The lowest BCUT2D eigenvalue weighted by atomic mass is 10.2. The third kappa shape index (κ3) is 3.55. The van der Waals surface area contributed by atoms with Crippen LogP contribution in [0.2, 0.25) is 0 Å². The lowest BCUT2D eigenvalue weighted by Crippen LogP contribution is -2.23. The van der Waals surface area contributed by atoms with Crippen LogP contribution in [-0.2, 0) is 4.74 Å². The number of hydrogen-bond acceptors (Lipinski definition) is 7. The van der Waals surface area contributed by atoms with Gasteiger partial charge in [-0.2, -0.15) is 17.6 Å². The summed E-state index contributed by atoms with van der Waals surface area (Å²) in [6.45, 7) is 1.71. The minimum absolute atomic E-state index is 0.0234. The van der Waals surface area contributed by atoms with Crippen molar-refractivity contribution < 1.29 is 9.84 Å². The minimum Gasteiger partial charge on any atom is -0.394 e. The summed E-state index contributed by atoms with van der Waals surface area (Å²) in [6, 6.07) is 0. The number of thiol groups is 1. The summed E-state index contributed by atoms with van der Waals surface area (Å²) in [6.07, 6.45) is 2.29. The van der Waals surface area contributed by atoms with Crippen LogP contribution in [0.25, 0.3) is 11.2 Å². The van der Waals surface area contributed by atoms with E-state index >= 15 is 0 Å². The van der Waals surface area contributed by atoms with Gasteiger partial charge in [-0.3, -0.25) is 14.3 Å². The third-order valence-corrected chi connectivity index (χ3v) is 3.44. The zero-order valence-electron chi connectivity index (χ0n) is 11.7. The lowest BCUT2D eigenvalue weighted by molar-refractivity contribution is -0.0668. The molecule has 0 aliphatic carbocycles. The van der Waals surface area contributed by atoms with Crippen molar-refractivity contribution in [3.63, 3.8) is 0 Å². The molecule has 0 aliphatic rings. The molecular formula is C12H19N5O3S. The molecular weight excluding hydrogens is 294 g/mol. The fourth-order valence-electron chi connectivity index (χ4n) is 2.07. The van der Waals surface area contributed by atoms with Crippen molar-refractivity contribution in [2.45, 2.75) is 32.1 Å². The average Bonchev–Trinajstić information content (AvgIpc) is 2.87. The zero-order valence-corrected chi connectivity index (χ0v) is 12.6. The number of aliphatic hydroxyl groups is 1. The zero-order chi connectivity index (χ0) is 15.4. The Morgan fingerprint density at radius 3 is 3.05 bits per heavy atom. The van der Waals surface area contributed by atoms with Crippen molar-refractivity contribution in [1.29, 1.82) is 0 Å². The summed E-state index contributed by atoms with van der Waals surface area (Å²) in [5.41, 5.74) is 5.72. The molecule has 2 rings (SSSR count). The number of nitrogens with two attached hydrogens (primary N) is 1. The van der Waals surface area contributed by atoms with Gasteiger partial charge in [-0.1, -0.05) is 0 Å². The molecule has 116 valence electrons. The number of fused-ring (bicyclic) bond motifs is 1. The van der Waals surface area contributed by atoms with Gasteiger partial charge < -0.3 is 15.6 Å². The maximum atomic E-state index is 11.7. The predicted octanol–water partition coefficient (Wildman–Crippen LogP) is 0.308. The van der Waals surface area contributed by atoms with Gasteiger partial charge in [0.2, 0.25) is 5.95 Å². The van der Waals surface area contributed by atoms with Crippen LogP contribution in [-0.4, -0.2) is 43.1 Å². The molecule has 2 aromatic heterocycles. The summed E-state index contributed by atoms with van der Waals surface area (Å²) < 4.78 is 7.40. The second-order valence-electron chi connectivity index (χ2n) is 4.68. The number of aromatic amines is 1. The van der Waals surface area contributed by atoms with Gasteiger partial charge >= 0.3 is 0 Å². The van der Waals surface area contributed by atoms with E-state index in [9.17, 15) is 9.90 Å². The van der Waals surface area contributed by atoms with E-state index < -0.39 is 11.8 Å². The van der Waals surface area contributed by atoms with Crippen molar-refractivity contribution in [2.24, 2.45) is 0 Å². The maximum absolute atomic E-state index is 11.7. The summed E-state index contributed by atoms with van der Waals surface area (Å²) >= 11 is 4.14. The lowest BCUT2D eigenvalue weighted by Gasteiger charge is -2.21. The first kappa shape index (κ1) is 15.8. The molecule has 4 N–H and O–H groups in total. The Morgan fingerprint density at radius 2 is 2.38 bits per heavy atom. The van der Waals surface area contributed by atoms with Gasteiger partial charge in [-0.25, -0.2) is 4.98 Å². The van der Waals surface area contributed by atoms with Crippen molar-refractivity contribution in [3.05, 3.63) is 16.7 Å². The highest BCUT2D eigenvalue weighted by molar-refractivity contribution is 7.80. The van der Waals surface area contributed by atoms with E-state index in [1.807, 2.05) is 0 Å². The van der Waals surface area contributed by atoms with Crippen molar-refractivity contribution >= 4 is 29.7 Å². The number of nitrogens with one attached hydrogen (secondary N) is 1. The summed E-state index contributed by atoms with van der Waals surface area (Å²) in [7, 11) is 0. The van der Waals surface area contributed by atoms with Crippen LogP contribution < -0.4 is 11.3 Å². The summed E-state index contributed by atoms with van der Waals surface area (Å²) in [5, 5.41) is 9.34. The van der Waals surface area contributed by atoms with E-state index in [1.54, 1.807) is 11.5 Å². The quantitative estimate of drug-likeness (QED) is 0.546. The van der Waals surface area contributed by atoms with Crippen LogP contribution >= 0.6 is 12.6 Å². The van der Waals surface area contributed by atoms with E-state index in [-0.39, 0.29) is 24.2 Å². The molecule has 0 aliphatic heterocycles. The Labute approximate surface area is 126 Å². The number of nitrogen functional groups attached to an aromatic ring is 1. The highest BCUT2D eigenvalue weighted by atomic mass is 32.1.